The van der Waals surface area contributed by atoms with Crippen LogP contribution in [0.5, 0.6) is 0 Å². The third-order valence-corrected chi connectivity index (χ3v) is 11.2. The summed E-state index contributed by atoms with van der Waals surface area (Å²) in [5.74, 6) is -0.715. The van der Waals surface area contributed by atoms with E-state index in [2.05, 4.69) is 55.6 Å². The Morgan fingerprint density at radius 2 is 1.03 bits per heavy atom. The van der Waals surface area contributed by atoms with Gasteiger partial charge in [-0.15, -0.1) is 0 Å². The average molecular weight is 826 g/mol. The maximum Gasteiger partial charge on any atom is 0.249 e. The lowest BCUT2D eigenvalue weighted by Crippen LogP contribution is -2.60. The Kier molecular flexibility index (Phi) is 34.8. The van der Waals surface area contributed by atoms with Crippen molar-refractivity contribution in [1.82, 2.24) is 5.32 Å². The van der Waals surface area contributed by atoms with Crippen molar-refractivity contribution >= 4 is 5.91 Å². The molecule has 0 bridgehead atoms. The number of aliphatic hydroxyl groups excluding tert-OH is 7. The molecule has 9 atom stereocenters. The monoisotopic (exact) mass is 826 g/mol. The first-order valence-electron chi connectivity index (χ1n) is 23.4. The summed E-state index contributed by atoms with van der Waals surface area (Å²) in [6.45, 7) is 3.39. The number of amides is 1. The molecule has 1 aliphatic rings. The summed E-state index contributed by atoms with van der Waals surface area (Å²) in [6, 6.07) is -1.19. The van der Waals surface area contributed by atoms with Crippen LogP contribution in [0.15, 0.2) is 36.5 Å². The van der Waals surface area contributed by atoms with Crippen LogP contribution in [0.1, 0.15) is 187 Å². The Labute approximate surface area is 352 Å². The zero-order chi connectivity index (χ0) is 42.6. The van der Waals surface area contributed by atoms with Gasteiger partial charge in [-0.1, -0.05) is 159 Å². The van der Waals surface area contributed by atoms with E-state index in [-0.39, 0.29) is 12.8 Å². The molecule has 0 aromatic heterocycles. The average Bonchev–Trinajstić information content (AvgIpc) is 3.22. The van der Waals surface area contributed by atoms with Gasteiger partial charge < -0.3 is 50.5 Å². The van der Waals surface area contributed by atoms with E-state index in [4.69, 9.17) is 9.47 Å². The van der Waals surface area contributed by atoms with Crippen LogP contribution in [-0.2, 0) is 14.3 Å². The Hall–Kier alpha value is -1.67. The first-order valence-corrected chi connectivity index (χ1v) is 23.4. The fourth-order valence-electron chi connectivity index (χ4n) is 7.24. The number of carbonyl (C=O) groups is 1. The summed E-state index contributed by atoms with van der Waals surface area (Å²) in [5.41, 5.74) is 0. The molecular weight excluding hydrogens is 739 g/mol. The molecule has 1 rings (SSSR count). The van der Waals surface area contributed by atoms with Gasteiger partial charge in [-0.25, -0.2) is 0 Å². The Bertz CT molecular complexity index is 1040. The number of unbranched alkanes of at least 4 members (excludes halogenated alkanes) is 20. The van der Waals surface area contributed by atoms with Gasteiger partial charge >= 0.3 is 0 Å². The highest BCUT2D eigenvalue weighted by Crippen LogP contribution is 2.23. The zero-order valence-electron chi connectivity index (χ0n) is 36.5. The number of rotatable bonds is 38. The third kappa shape index (κ3) is 26.5. The standard InChI is InChI=1S/C47H87NO10/c1-3-5-7-9-11-13-15-16-17-18-19-20-21-22-23-25-26-28-30-32-34-39(50)42(52)38(37-57-47-45(55)44(54)43(53)41(36-49)58-47)48-46(56)40(51)35-33-31-29-27-24-14-12-10-8-6-4-2/h17-18,21-22,26,28,38-45,47,49-55H,3-16,19-20,23-25,27,29-37H2,1-2H3,(H,48,56)/b18-17+,22-21+,28-26+. The van der Waals surface area contributed by atoms with Crippen molar-refractivity contribution < 1.29 is 50.0 Å². The quantitative estimate of drug-likeness (QED) is 0.0227. The molecule has 1 amide bonds. The van der Waals surface area contributed by atoms with Crippen molar-refractivity contribution in [1.29, 1.82) is 0 Å². The van der Waals surface area contributed by atoms with Crippen LogP contribution in [0.4, 0.5) is 0 Å². The molecule has 0 saturated carbocycles. The highest BCUT2D eigenvalue weighted by Gasteiger charge is 2.44. The minimum Gasteiger partial charge on any atom is -0.394 e. The molecule has 0 aromatic rings. The first kappa shape index (κ1) is 54.3. The minimum atomic E-state index is -1.67. The van der Waals surface area contributed by atoms with Crippen LogP contribution in [0.3, 0.4) is 0 Å². The fraction of sp³-hybridized carbons (Fsp3) is 0.851. The Morgan fingerprint density at radius 3 is 1.53 bits per heavy atom. The van der Waals surface area contributed by atoms with E-state index in [1.807, 2.05) is 0 Å². The van der Waals surface area contributed by atoms with Gasteiger partial charge in [0.25, 0.3) is 0 Å². The molecule has 58 heavy (non-hydrogen) atoms. The number of aliphatic hydroxyl groups is 7. The maximum absolute atomic E-state index is 13.0. The molecule has 1 heterocycles. The predicted octanol–water partition coefficient (Wildman–Crippen LogP) is 7.61. The molecule has 11 heteroatoms. The maximum atomic E-state index is 13.0. The molecule has 0 aliphatic carbocycles. The molecule has 1 fully saturated rings. The van der Waals surface area contributed by atoms with Crippen LogP contribution in [0.2, 0.25) is 0 Å². The van der Waals surface area contributed by atoms with Gasteiger partial charge in [-0.2, -0.15) is 0 Å². The van der Waals surface area contributed by atoms with E-state index >= 15 is 0 Å². The number of carbonyl (C=O) groups excluding carboxylic acids is 1. The molecule has 0 spiro atoms. The zero-order valence-corrected chi connectivity index (χ0v) is 36.5. The van der Waals surface area contributed by atoms with Gasteiger partial charge in [0, 0.05) is 0 Å². The van der Waals surface area contributed by atoms with Gasteiger partial charge in [0.05, 0.1) is 25.4 Å². The van der Waals surface area contributed by atoms with Gasteiger partial charge in [-0.05, 0) is 64.2 Å². The van der Waals surface area contributed by atoms with Crippen molar-refractivity contribution in [3.63, 3.8) is 0 Å². The number of hydrogen-bond acceptors (Lipinski definition) is 10. The van der Waals surface area contributed by atoms with E-state index in [9.17, 15) is 40.5 Å². The lowest BCUT2D eigenvalue weighted by molar-refractivity contribution is -0.303. The lowest BCUT2D eigenvalue weighted by Gasteiger charge is -2.40. The largest absolute Gasteiger partial charge is 0.394 e. The second-order valence-electron chi connectivity index (χ2n) is 16.5. The fourth-order valence-corrected chi connectivity index (χ4v) is 7.24. The third-order valence-electron chi connectivity index (χ3n) is 11.2. The Balaban J connectivity index is 2.48. The van der Waals surface area contributed by atoms with E-state index in [1.54, 1.807) is 0 Å². The predicted molar refractivity (Wildman–Crippen MR) is 233 cm³/mol. The van der Waals surface area contributed by atoms with E-state index in [0.29, 0.717) is 19.3 Å². The van der Waals surface area contributed by atoms with Crippen molar-refractivity contribution in [3.05, 3.63) is 36.5 Å². The van der Waals surface area contributed by atoms with Gasteiger partial charge in [-0.3, -0.25) is 4.79 Å². The smallest absolute Gasteiger partial charge is 0.249 e. The molecule has 1 aliphatic heterocycles. The summed E-state index contributed by atoms with van der Waals surface area (Å²) in [4.78, 5) is 13.0. The van der Waals surface area contributed by atoms with Crippen LogP contribution in [0.25, 0.3) is 0 Å². The lowest BCUT2D eigenvalue weighted by atomic mass is 9.98. The summed E-state index contributed by atoms with van der Waals surface area (Å²) >= 11 is 0. The van der Waals surface area contributed by atoms with Crippen LogP contribution >= 0.6 is 0 Å². The normalized spacial score (nSPS) is 22.3. The van der Waals surface area contributed by atoms with Crippen molar-refractivity contribution in [3.8, 4) is 0 Å². The first-order chi connectivity index (χ1) is 28.2. The Morgan fingerprint density at radius 1 is 0.586 bits per heavy atom. The SMILES string of the molecule is CCCCCCCCC/C=C/CC/C=C/CC/C=C/CCCC(O)C(O)C(COC1OC(CO)C(O)C(O)C1O)NC(=O)C(O)CCCCCCCCCCCCC. The molecular formula is C47H87NO10. The molecule has 0 radical (unpaired) electrons. The molecule has 1 saturated heterocycles. The number of ether oxygens (including phenoxy) is 2. The summed E-state index contributed by atoms with van der Waals surface area (Å²) in [6.07, 6.45) is 30.6. The second-order valence-corrected chi connectivity index (χ2v) is 16.5. The molecule has 9 unspecified atom stereocenters. The highest BCUT2D eigenvalue weighted by atomic mass is 16.7. The van der Waals surface area contributed by atoms with Crippen LogP contribution in [-0.4, -0.2) is 110 Å². The summed E-state index contributed by atoms with van der Waals surface area (Å²) in [5, 5.41) is 75.5. The number of nitrogens with one attached hydrogen (secondary N) is 1. The van der Waals surface area contributed by atoms with E-state index in [0.717, 1.165) is 44.9 Å². The van der Waals surface area contributed by atoms with E-state index < -0.39 is 74.2 Å². The molecule has 8 N–H and O–H groups in total. The highest BCUT2D eigenvalue weighted by molar-refractivity contribution is 5.80. The second kappa shape index (κ2) is 37.1. The molecule has 340 valence electrons. The minimum absolute atomic E-state index is 0.242. The van der Waals surface area contributed by atoms with Crippen molar-refractivity contribution in [2.75, 3.05) is 13.2 Å². The van der Waals surface area contributed by atoms with Crippen LogP contribution < -0.4 is 5.32 Å². The van der Waals surface area contributed by atoms with Gasteiger partial charge in [0.2, 0.25) is 5.91 Å². The van der Waals surface area contributed by atoms with Crippen molar-refractivity contribution in [2.45, 2.75) is 242 Å². The number of hydrogen-bond donors (Lipinski definition) is 8. The topological polar surface area (TPSA) is 189 Å². The van der Waals surface area contributed by atoms with Gasteiger partial charge in [0.15, 0.2) is 6.29 Å². The van der Waals surface area contributed by atoms with E-state index in [1.165, 1.54) is 96.3 Å². The molecule has 11 nitrogen and oxygen atoms in total. The van der Waals surface area contributed by atoms with Crippen LogP contribution in [0, 0.1) is 0 Å². The summed E-state index contributed by atoms with van der Waals surface area (Å²) < 4.78 is 11.1. The molecule has 0 aromatic carbocycles. The van der Waals surface area contributed by atoms with Crippen molar-refractivity contribution in [2.24, 2.45) is 0 Å². The van der Waals surface area contributed by atoms with Gasteiger partial charge in [0.1, 0.15) is 36.6 Å². The summed E-state index contributed by atoms with van der Waals surface area (Å²) in [7, 11) is 0. The number of allylic oxidation sites excluding steroid dienone is 6.